The number of aromatic nitrogens is 1. The fourth-order valence-corrected chi connectivity index (χ4v) is 2.94. The molecule has 0 atom stereocenters. The summed E-state index contributed by atoms with van der Waals surface area (Å²) in [5, 5.41) is 2.93. The lowest BCUT2D eigenvalue weighted by Crippen LogP contribution is -2.43. The van der Waals surface area contributed by atoms with E-state index in [-0.39, 0.29) is 23.5 Å². The van der Waals surface area contributed by atoms with Gasteiger partial charge in [0.25, 0.3) is 5.91 Å². The molecule has 2 aromatic rings. The molecular formula is C15H14BrFN2O2. The number of oxazole rings is 1. The lowest BCUT2D eigenvalue weighted by Gasteiger charge is -2.36. The number of carbonyl (C=O) groups excluding carboxylic acids is 1. The van der Waals surface area contributed by atoms with Crippen LogP contribution in [-0.2, 0) is 0 Å². The molecule has 1 fully saturated rings. The molecule has 1 aliphatic carbocycles. The molecule has 6 heteroatoms. The molecule has 1 aromatic carbocycles. The van der Waals surface area contributed by atoms with Crippen molar-refractivity contribution in [3.05, 3.63) is 51.9 Å². The van der Waals surface area contributed by atoms with E-state index < -0.39 is 0 Å². The normalized spacial score (nSPS) is 20.9. The molecule has 0 bridgehead atoms. The molecule has 0 radical (unpaired) electrons. The van der Waals surface area contributed by atoms with E-state index >= 15 is 0 Å². The van der Waals surface area contributed by atoms with Crippen LogP contribution in [0.1, 0.15) is 40.6 Å². The summed E-state index contributed by atoms with van der Waals surface area (Å²) in [5.74, 6) is 0.128. The van der Waals surface area contributed by atoms with Crippen molar-refractivity contribution in [2.45, 2.75) is 31.7 Å². The number of carbonyl (C=O) groups is 1. The topological polar surface area (TPSA) is 55.1 Å². The molecule has 21 heavy (non-hydrogen) atoms. The van der Waals surface area contributed by atoms with Crippen LogP contribution in [0.25, 0.3) is 0 Å². The molecule has 1 saturated carbocycles. The molecular weight excluding hydrogens is 339 g/mol. The zero-order chi connectivity index (χ0) is 15.0. The molecule has 1 heterocycles. The second kappa shape index (κ2) is 5.60. The summed E-state index contributed by atoms with van der Waals surface area (Å²) in [7, 11) is 0. The molecule has 1 aliphatic rings. The Morgan fingerprint density at radius 1 is 1.48 bits per heavy atom. The number of rotatable bonds is 3. The third kappa shape index (κ3) is 2.85. The van der Waals surface area contributed by atoms with Crippen LogP contribution in [0, 0.1) is 12.7 Å². The molecule has 0 saturated heterocycles. The Bertz CT molecular complexity index is 680. The highest BCUT2D eigenvalue weighted by molar-refractivity contribution is 9.10. The Morgan fingerprint density at radius 2 is 2.24 bits per heavy atom. The van der Waals surface area contributed by atoms with Gasteiger partial charge in [-0.2, -0.15) is 0 Å². The number of hydrogen-bond donors (Lipinski definition) is 1. The largest absolute Gasteiger partial charge is 0.438 e. The van der Waals surface area contributed by atoms with E-state index in [1.807, 2.05) is 0 Å². The molecule has 0 spiro atoms. The fourth-order valence-electron chi connectivity index (χ4n) is 2.54. The molecule has 110 valence electrons. The Hall–Kier alpha value is -1.69. The number of nitrogens with zero attached hydrogens (tertiary/aromatic N) is 1. The van der Waals surface area contributed by atoms with Gasteiger partial charge in [0.2, 0.25) is 5.76 Å². The van der Waals surface area contributed by atoms with Crippen LogP contribution in [-0.4, -0.2) is 16.9 Å². The predicted octanol–water partition coefficient (Wildman–Crippen LogP) is 3.56. The van der Waals surface area contributed by atoms with Crippen LogP contribution < -0.4 is 5.32 Å². The van der Waals surface area contributed by atoms with Crippen molar-refractivity contribution in [1.82, 2.24) is 10.3 Å². The molecule has 1 aromatic heterocycles. The number of hydrogen-bond acceptors (Lipinski definition) is 3. The Balaban J connectivity index is 1.57. The average Bonchev–Trinajstić information content (AvgIpc) is 2.83. The SMILES string of the molecule is Cc1ncoc1C(=O)NC1CC(c2ccc(F)c(Br)c2)C1. The van der Waals surface area contributed by atoms with E-state index in [2.05, 4.69) is 26.2 Å². The number of nitrogens with one attached hydrogen (secondary N) is 1. The van der Waals surface area contributed by atoms with E-state index in [0.717, 1.165) is 18.4 Å². The summed E-state index contributed by atoms with van der Waals surface area (Å²) in [6.45, 7) is 1.73. The lowest BCUT2D eigenvalue weighted by molar-refractivity contribution is 0.0879. The van der Waals surface area contributed by atoms with Crippen molar-refractivity contribution in [2.75, 3.05) is 0 Å². The first-order valence-corrected chi connectivity index (χ1v) is 7.50. The molecule has 1 N–H and O–H groups in total. The highest BCUT2D eigenvalue weighted by Gasteiger charge is 2.32. The standard InChI is InChI=1S/C15H14BrFN2O2/c1-8-14(21-7-18-8)15(20)19-11-4-10(5-11)9-2-3-13(17)12(16)6-9/h2-3,6-7,10-11H,4-5H2,1H3,(H,19,20). The maximum Gasteiger partial charge on any atom is 0.289 e. The highest BCUT2D eigenvalue weighted by Crippen LogP contribution is 2.38. The van der Waals surface area contributed by atoms with Gasteiger partial charge in [-0.25, -0.2) is 9.37 Å². The van der Waals surface area contributed by atoms with Gasteiger partial charge in [0, 0.05) is 6.04 Å². The van der Waals surface area contributed by atoms with Crippen molar-refractivity contribution in [3.8, 4) is 0 Å². The van der Waals surface area contributed by atoms with Gasteiger partial charge in [-0.3, -0.25) is 4.79 Å². The van der Waals surface area contributed by atoms with Crippen molar-refractivity contribution in [2.24, 2.45) is 0 Å². The van der Waals surface area contributed by atoms with Gasteiger partial charge in [0.05, 0.1) is 10.2 Å². The molecule has 4 nitrogen and oxygen atoms in total. The third-order valence-electron chi connectivity index (χ3n) is 3.84. The fraction of sp³-hybridized carbons (Fsp3) is 0.333. The van der Waals surface area contributed by atoms with E-state index in [4.69, 9.17) is 4.42 Å². The van der Waals surface area contributed by atoms with E-state index in [1.54, 1.807) is 19.1 Å². The van der Waals surface area contributed by atoms with Crippen LogP contribution in [0.2, 0.25) is 0 Å². The van der Waals surface area contributed by atoms with Crippen molar-refractivity contribution in [3.63, 3.8) is 0 Å². The van der Waals surface area contributed by atoms with Crippen LogP contribution in [0.4, 0.5) is 4.39 Å². The molecule has 1 amide bonds. The zero-order valence-corrected chi connectivity index (χ0v) is 13.0. The first-order chi connectivity index (χ1) is 10.0. The molecule has 0 unspecified atom stereocenters. The van der Waals surface area contributed by atoms with Crippen molar-refractivity contribution >= 4 is 21.8 Å². The van der Waals surface area contributed by atoms with Crippen LogP contribution in [0.15, 0.2) is 33.5 Å². The lowest BCUT2D eigenvalue weighted by atomic mass is 9.76. The van der Waals surface area contributed by atoms with Crippen molar-refractivity contribution in [1.29, 1.82) is 0 Å². The summed E-state index contributed by atoms with van der Waals surface area (Å²) < 4.78 is 18.7. The Labute approximate surface area is 129 Å². The minimum Gasteiger partial charge on any atom is -0.438 e. The molecule has 3 rings (SSSR count). The van der Waals surface area contributed by atoms with Crippen LogP contribution in [0.5, 0.6) is 0 Å². The van der Waals surface area contributed by atoms with Gasteiger partial charge in [-0.1, -0.05) is 6.07 Å². The van der Waals surface area contributed by atoms with Gasteiger partial charge in [0.15, 0.2) is 6.39 Å². The first-order valence-electron chi connectivity index (χ1n) is 6.70. The summed E-state index contributed by atoms with van der Waals surface area (Å²) in [6.07, 6.45) is 2.96. The number of aryl methyl sites for hydroxylation is 1. The second-order valence-electron chi connectivity index (χ2n) is 5.28. The summed E-state index contributed by atoms with van der Waals surface area (Å²) in [6, 6.07) is 5.18. The second-order valence-corrected chi connectivity index (χ2v) is 6.13. The van der Waals surface area contributed by atoms with Gasteiger partial charge >= 0.3 is 0 Å². The van der Waals surface area contributed by atoms with Crippen LogP contribution >= 0.6 is 15.9 Å². The van der Waals surface area contributed by atoms with Gasteiger partial charge in [-0.05, 0) is 59.3 Å². The first kappa shape index (κ1) is 14.3. The third-order valence-corrected chi connectivity index (χ3v) is 4.45. The summed E-state index contributed by atoms with van der Waals surface area (Å²) in [5.41, 5.74) is 1.68. The minimum absolute atomic E-state index is 0.121. The predicted molar refractivity (Wildman–Crippen MR) is 78.6 cm³/mol. The highest BCUT2D eigenvalue weighted by atomic mass is 79.9. The monoisotopic (exact) mass is 352 g/mol. The van der Waals surface area contributed by atoms with Crippen LogP contribution in [0.3, 0.4) is 0 Å². The maximum absolute atomic E-state index is 13.2. The van der Waals surface area contributed by atoms with Crippen molar-refractivity contribution < 1.29 is 13.6 Å². The summed E-state index contributed by atoms with van der Waals surface area (Å²) >= 11 is 3.19. The Morgan fingerprint density at radius 3 is 2.86 bits per heavy atom. The summed E-state index contributed by atoms with van der Waals surface area (Å²) in [4.78, 5) is 15.9. The van der Waals surface area contributed by atoms with Gasteiger partial charge in [-0.15, -0.1) is 0 Å². The number of amides is 1. The average molecular weight is 353 g/mol. The van der Waals surface area contributed by atoms with E-state index in [1.165, 1.54) is 12.5 Å². The van der Waals surface area contributed by atoms with Gasteiger partial charge in [0.1, 0.15) is 5.82 Å². The quantitative estimate of drug-likeness (QED) is 0.918. The smallest absolute Gasteiger partial charge is 0.289 e. The maximum atomic E-state index is 13.2. The number of benzene rings is 1. The zero-order valence-electron chi connectivity index (χ0n) is 11.4. The Kier molecular flexibility index (Phi) is 3.80. The van der Waals surface area contributed by atoms with Gasteiger partial charge < -0.3 is 9.73 Å². The minimum atomic E-state index is -0.260. The number of halogens is 2. The molecule has 0 aliphatic heterocycles. The van der Waals surface area contributed by atoms with E-state index in [0.29, 0.717) is 16.1 Å². The van der Waals surface area contributed by atoms with E-state index in [9.17, 15) is 9.18 Å².